The Balaban J connectivity index is 1.48. The van der Waals surface area contributed by atoms with Gasteiger partial charge in [-0.1, -0.05) is 6.92 Å². The van der Waals surface area contributed by atoms with E-state index in [2.05, 4.69) is 22.1 Å². The van der Waals surface area contributed by atoms with Gasteiger partial charge in [-0.25, -0.2) is 4.98 Å². The highest BCUT2D eigenvalue weighted by molar-refractivity contribution is 5.97. The third-order valence-electron chi connectivity index (χ3n) is 6.71. The molecule has 2 aromatic heterocycles. The van der Waals surface area contributed by atoms with Crippen molar-refractivity contribution in [2.24, 2.45) is 11.3 Å². The number of amides is 1. The number of nitrogens with zero attached hydrogens (tertiary/aromatic N) is 3. The Kier molecular flexibility index (Phi) is 4.07. The number of carbonyl (C=O) groups excluding carboxylic acids is 1. The fourth-order valence-electron chi connectivity index (χ4n) is 4.70. The molecule has 7 nitrogen and oxygen atoms in total. The van der Waals surface area contributed by atoms with Crippen LogP contribution in [0.2, 0.25) is 0 Å². The van der Waals surface area contributed by atoms with Crippen molar-refractivity contribution in [3.8, 4) is 11.5 Å². The number of aromatic nitrogens is 4. The van der Waals surface area contributed by atoms with Crippen molar-refractivity contribution in [1.29, 1.82) is 0 Å². The van der Waals surface area contributed by atoms with E-state index in [1.54, 1.807) is 11.9 Å². The summed E-state index contributed by atoms with van der Waals surface area (Å²) in [4.78, 5) is 22.3. The maximum atomic E-state index is 12.4. The highest BCUT2D eigenvalue weighted by Gasteiger charge is 2.53. The molecule has 2 aliphatic carbocycles. The van der Waals surface area contributed by atoms with Gasteiger partial charge in [0, 0.05) is 30.6 Å². The van der Waals surface area contributed by atoms with Gasteiger partial charge >= 0.3 is 0 Å². The number of rotatable bonds is 5. The predicted molar refractivity (Wildman–Crippen MR) is 112 cm³/mol. The molecule has 2 heterocycles. The van der Waals surface area contributed by atoms with Crippen LogP contribution in [0.15, 0.2) is 12.1 Å². The Hall–Kier alpha value is -2.67. The Labute approximate surface area is 169 Å². The first-order valence-electron chi connectivity index (χ1n) is 10.3. The van der Waals surface area contributed by atoms with Crippen molar-refractivity contribution in [2.45, 2.75) is 40.0 Å². The van der Waals surface area contributed by atoms with Crippen LogP contribution in [0.25, 0.3) is 22.6 Å². The average molecular weight is 393 g/mol. The van der Waals surface area contributed by atoms with E-state index in [1.165, 1.54) is 17.7 Å². The maximum absolute atomic E-state index is 12.4. The second-order valence-electron chi connectivity index (χ2n) is 8.80. The van der Waals surface area contributed by atoms with Gasteiger partial charge in [0.05, 0.1) is 11.0 Å². The van der Waals surface area contributed by atoms with Crippen molar-refractivity contribution in [3.05, 3.63) is 29.0 Å². The molecule has 0 spiro atoms. The first-order valence-corrected chi connectivity index (χ1v) is 10.3. The highest BCUT2D eigenvalue weighted by Crippen LogP contribution is 2.59. The summed E-state index contributed by atoms with van der Waals surface area (Å²) >= 11 is 0. The third kappa shape index (κ3) is 2.95. The van der Waals surface area contributed by atoms with Crippen LogP contribution in [0.4, 0.5) is 5.69 Å². The molecule has 2 N–H and O–H groups in total. The zero-order valence-corrected chi connectivity index (χ0v) is 17.4. The zero-order chi connectivity index (χ0) is 20.3. The van der Waals surface area contributed by atoms with Gasteiger partial charge < -0.3 is 14.6 Å². The molecule has 152 valence electrons. The number of nitrogens with one attached hydrogen (secondary N) is 2. The number of carbonyl (C=O) groups is 1. The summed E-state index contributed by atoms with van der Waals surface area (Å²) < 4.78 is 5.27. The molecule has 0 saturated heterocycles. The molecule has 1 amide bonds. The lowest BCUT2D eigenvalue weighted by Crippen LogP contribution is -2.30. The number of H-pyrrole nitrogens is 2. The smallest absolute Gasteiger partial charge is 0.252 e. The third-order valence-corrected chi connectivity index (χ3v) is 6.71. The second-order valence-corrected chi connectivity index (χ2v) is 8.80. The van der Waals surface area contributed by atoms with E-state index in [-0.39, 0.29) is 12.5 Å². The summed E-state index contributed by atoms with van der Waals surface area (Å²) in [7, 11) is 1.78. The number of hydrogen-bond donors (Lipinski definition) is 2. The number of anilines is 1. The molecular weight excluding hydrogens is 366 g/mol. The van der Waals surface area contributed by atoms with Crippen LogP contribution >= 0.6 is 0 Å². The number of benzene rings is 1. The lowest BCUT2D eigenvalue weighted by molar-refractivity contribution is -0.122. The minimum atomic E-state index is -0.0705. The average Bonchev–Trinajstić information content (AvgIpc) is 3.00. The summed E-state index contributed by atoms with van der Waals surface area (Å²) in [5, 5.41) is 7.84. The quantitative estimate of drug-likeness (QED) is 0.696. The number of ether oxygens (including phenoxy) is 1. The summed E-state index contributed by atoms with van der Waals surface area (Å²) in [5.41, 5.74) is 7.62. The van der Waals surface area contributed by atoms with E-state index in [4.69, 9.17) is 9.72 Å². The van der Waals surface area contributed by atoms with E-state index >= 15 is 0 Å². The van der Waals surface area contributed by atoms with Gasteiger partial charge in [0.2, 0.25) is 0 Å². The number of likely N-dealkylation sites (N-methyl/N-ethyl adjacent to an activating group) is 1. The number of fused-ring (bicyclic) bond motifs is 3. The SMILES string of the molecule is CCOCC(=O)N(C)c1cc2nc(-c3n[nH]c4c3C[C@@H]3C[C@]3(C)C4)[nH]c2cc1C. The van der Waals surface area contributed by atoms with Gasteiger partial charge in [-0.05, 0) is 62.1 Å². The maximum Gasteiger partial charge on any atom is 0.252 e. The Morgan fingerprint density at radius 1 is 1.41 bits per heavy atom. The Morgan fingerprint density at radius 2 is 2.24 bits per heavy atom. The van der Waals surface area contributed by atoms with Crippen LogP contribution in [-0.4, -0.2) is 46.3 Å². The topological polar surface area (TPSA) is 86.9 Å². The normalized spacial score (nSPS) is 22.4. The minimum absolute atomic E-state index is 0.0705. The fraction of sp³-hybridized carbons (Fsp3) is 0.500. The zero-order valence-electron chi connectivity index (χ0n) is 17.4. The molecule has 0 radical (unpaired) electrons. The molecule has 0 unspecified atom stereocenters. The summed E-state index contributed by atoms with van der Waals surface area (Å²) in [6.07, 6.45) is 3.46. The summed E-state index contributed by atoms with van der Waals surface area (Å²) in [6, 6.07) is 4.01. The van der Waals surface area contributed by atoms with Gasteiger partial charge in [-0.15, -0.1) is 0 Å². The lowest BCUT2D eigenvalue weighted by Gasteiger charge is -2.19. The molecule has 2 aliphatic rings. The summed E-state index contributed by atoms with van der Waals surface area (Å²) in [6.45, 7) is 6.86. The van der Waals surface area contributed by atoms with Crippen LogP contribution in [0.1, 0.15) is 37.1 Å². The van der Waals surface area contributed by atoms with E-state index < -0.39 is 0 Å². The fourth-order valence-corrected chi connectivity index (χ4v) is 4.70. The molecule has 29 heavy (non-hydrogen) atoms. The van der Waals surface area contributed by atoms with Crippen LogP contribution in [0.5, 0.6) is 0 Å². The van der Waals surface area contributed by atoms with Crippen molar-refractivity contribution in [2.75, 3.05) is 25.2 Å². The van der Waals surface area contributed by atoms with Crippen LogP contribution in [0.3, 0.4) is 0 Å². The molecule has 0 bridgehead atoms. The standard InChI is InChI=1S/C22H27N5O2/c1-5-29-11-19(28)27(4)18-8-16-15(6-12(18)2)23-21(24-16)20-14-7-13-9-22(13,3)10-17(14)25-26-20/h6,8,13H,5,7,9-11H2,1-4H3,(H,23,24)(H,25,26)/t13-,22-/m1/s1. The van der Waals surface area contributed by atoms with Crippen LogP contribution < -0.4 is 4.90 Å². The van der Waals surface area contributed by atoms with Crippen molar-refractivity contribution >= 4 is 22.6 Å². The van der Waals surface area contributed by atoms with Gasteiger partial charge in [0.1, 0.15) is 12.3 Å². The lowest BCUT2D eigenvalue weighted by atomic mass is 9.88. The van der Waals surface area contributed by atoms with Gasteiger partial charge in [0.15, 0.2) is 5.82 Å². The molecule has 1 fully saturated rings. The molecule has 5 rings (SSSR count). The largest absolute Gasteiger partial charge is 0.372 e. The van der Waals surface area contributed by atoms with Gasteiger partial charge in [-0.3, -0.25) is 9.89 Å². The van der Waals surface area contributed by atoms with E-state index in [0.29, 0.717) is 12.0 Å². The molecule has 3 aromatic rings. The number of aromatic amines is 2. The van der Waals surface area contributed by atoms with Crippen molar-refractivity contribution in [3.63, 3.8) is 0 Å². The number of aryl methyl sites for hydroxylation is 1. The first kappa shape index (κ1) is 18.4. The highest BCUT2D eigenvalue weighted by atomic mass is 16.5. The molecule has 1 saturated carbocycles. The molecular formula is C22H27N5O2. The van der Waals surface area contributed by atoms with E-state index in [1.807, 2.05) is 26.0 Å². The number of imidazole rings is 1. The Morgan fingerprint density at radius 3 is 3.03 bits per heavy atom. The Bertz CT molecular complexity index is 1110. The van der Waals surface area contributed by atoms with Gasteiger partial charge in [-0.2, -0.15) is 5.10 Å². The van der Waals surface area contributed by atoms with Crippen LogP contribution in [-0.2, 0) is 22.4 Å². The molecule has 1 aromatic carbocycles. The second kappa shape index (κ2) is 6.42. The minimum Gasteiger partial charge on any atom is -0.372 e. The first-order chi connectivity index (χ1) is 13.9. The van der Waals surface area contributed by atoms with Crippen molar-refractivity contribution < 1.29 is 9.53 Å². The monoisotopic (exact) mass is 393 g/mol. The van der Waals surface area contributed by atoms with E-state index in [9.17, 15) is 4.79 Å². The predicted octanol–water partition coefficient (Wildman–Crippen LogP) is 3.39. The van der Waals surface area contributed by atoms with Crippen LogP contribution in [0, 0.1) is 18.3 Å². The summed E-state index contributed by atoms with van der Waals surface area (Å²) in [5.74, 6) is 1.50. The van der Waals surface area contributed by atoms with Gasteiger partial charge in [0.25, 0.3) is 5.91 Å². The molecule has 2 atom stereocenters. The van der Waals surface area contributed by atoms with E-state index in [0.717, 1.165) is 52.6 Å². The molecule has 7 heteroatoms. The van der Waals surface area contributed by atoms with Crippen molar-refractivity contribution in [1.82, 2.24) is 20.2 Å². The number of hydrogen-bond acceptors (Lipinski definition) is 4. The molecule has 0 aliphatic heterocycles.